The molecule has 3 nitrogen and oxygen atoms in total. The lowest BCUT2D eigenvalue weighted by atomic mass is 10.2. The maximum absolute atomic E-state index is 4.91. The fraction of sp³-hybridized carbons (Fsp3) is 0.500. The van der Waals surface area contributed by atoms with Crippen LogP contribution in [0.3, 0.4) is 0 Å². The fourth-order valence-electron chi connectivity index (χ4n) is 3.38. The van der Waals surface area contributed by atoms with Gasteiger partial charge >= 0.3 is 0 Å². The Kier molecular flexibility index (Phi) is 4.39. The second kappa shape index (κ2) is 6.44. The molecule has 1 aromatic heterocycles. The first kappa shape index (κ1) is 14.3. The predicted octanol–water partition coefficient (Wildman–Crippen LogP) is 4.16. The Morgan fingerprint density at radius 1 is 1.19 bits per heavy atom. The van der Waals surface area contributed by atoms with Crippen molar-refractivity contribution in [3.63, 3.8) is 0 Å². The number of likely N-dealkylation sites (tertiary alicyclic amines) is 1. The summed E-state index contributed by atoms with van der Waals surface area (Å²) < 4.78 is 2.32. The predicted molar refractivity (Wildman–Crippen MR) is 88.4 cm³/mol. The second-order valence-electron chi connectivity index (χ2n) is 5.98. The summed E-state index contributed by atoms with van der Waals surface area (Å²) in [5, 5.41) is 0. The van der Waals surface area contributed by atoms with E-state index in [1.807, 2.05) is 6.08 Å². The summed E-state index contributed by atoms with van der Waals surface area (Å²) in [6.45, 7) is 9.42. The minimum Gasteiger partial charge on any atom is -0.323 e. The maximum Gasteiger partial charge on any atom is 0.127 e. The molecule has 1 fully saturated rings. The van der Waals surface area contributed by atoms with Crippen LogP contribution in [0.25, 0.3) is 11.0 Å². The van der Waals surface area contributed by atoms with E-state index in [1.54, 1.807) is 0 Å². The first-order valence-electron chi connectivity index (χ1n) is 8.11. The van der Waals surface area contributed by atoms with Crippen LogP contribution in [0.4, 0.5) is 0 Å². The molecular weight excluding hydrogens is 258 g/mol. The molecule has 1 aliphatic heterocycles. The topological polar surface area (TPSA) is 21.1 Å². The van der Waals surface area contributed by atoms with Gasteiger partial charge < -0.3 is 4.57 Å². The van der Waals surface area contributed by atoms with Crippen LogP contribution in [0.15, 0.2) is 36.9 Å². The van der Waals surface area contributed by atoms with Gasteiger partial charge in [-0.05, 0) is 45.0 Å². The van der Waals surface area contributed by atoms with Crippen molar-refractivity contribution in [2.45, 2.75) is 45.2 Å². The lowest BCUT2D eigenvalue weighted by Crippen LogP contribution is -2.30. The molecule has 1 aliphatic rings. The van der Waals surface area contributed by atoms with Gasteiger partial charge in [0.15, 0.2) is 0 Å². The molecule has 0 saturated carbocycles. The summed E-state index contributed by atoms with van der Waals surface area (Å²) in [6, 6.07) is 8.78. The largest absolute Gasteiger partial charge is 0.323 e. The molecule has 0 amide bonds. The molecule has 0 radical (unpaired) electrons. The van der Waals surface area contributed by atoms with Gasteiger partial charge in [0.2, 0.25) is 0 Å². The van der Waals surface area contributed by atoms with Crippen LogP contribution in [0.1, 0.15) is 44.5 Å². The quantitative estimate of drug-likeness (QED) is 0.786. The summed E-state index contributed by atoms with van der Waals surface area (Å²) >= 11 is 0. The van der Waals surface area contributed by atoms with Crippen LogP contribution in [-0.2, 0) is 6.54 Å². The third-order valence-corrected chi connectivity index (χ3v) is 4.56. The van der Waals surface area contributed by atoms with Gasteiger partial charge in [-0.3, -0.25) is 4.90 Å². The number of aromatic nitrogens is 2. The van der Waals surface area contributed by atoms with Gasteiger partial charge in [0, 0.05) is 6.54 Å². The molecular formula is C18H25N3. The lowest BCUT2D eigenvalue weighted by Gasteiger charge is -2.27. The average molecular weight is 283 g/mol. The molecule has 3 rings (SSSR count). The first-order chi connectivity index (χ1) is 10.3. The van der Waals surface area contributed by atoms with Crippen LogP contribution >= 0.6 is 0 Å². The maximum atomic E-state index is 4.91. The molecule has 3 heteroatoms. The summed E-state index contributed by atoms with van der Waals surface area (Å²) in [5.74, 6) is 1.18. The molecule has 2 aromatic rings. The minimum absolute atomic E-state index is 0.371. The van der Waals surface area contributed by atoms with Crippen molar-refractivity contribution in [2.75, 3.05) is 13.1 Å². The van der Waals surface area contributed by atoms with E-state index in [1.165, 1.54) is 50.1 Å². The average Bonchev–Trinajstić information content (AvgIpc) is 2.70. The summed E-state index contributed by atoms with van der Waals surface area (Å²) in [6.07, 6.45) is 7.32. The number of fused-ring (bicyclic) bond motifs is 1. The Labute approximate surface area is 127 Å². The van der Waals surface area contributed by atoms with Crippen LogP contribution in [0, 0.1) is 0 Å². The Balaban J connectivity index is 1.97. The number of imidazole rings is 1. The summed E-state index contributed by atoms with van der Waals surface area (Å²) in [5.41, 5.74) is 2.31. The molecule has 112 valence electrons. The fourth-order valence-corrected chi connectivity index (χ4v) is 3.38. The van der Waals surface area contributed by atoms with Crippen LogP contribution in [-0.4, -0.2) is 27.5 Å². The van der Waals surface area contributed by atoms with Crippen molar-refractivity contribution in [2.24, 2.45) is 0 Å². The first-order valence-corrected chi connectivity index (χ1v) is 8.11. The normalized spacial score (nSPS) is 18.5. The molecule has 21 heavy (non-hydrogen) atoms. The molecule has 0 aliphatic carbocycles. The van der Waals surface area contributed by atoms with Crippen molar-refractivity contribution in [1.29, 1.82) is 0 Å². The van der Waals surface area contributed by atoms with E-state index in [0.717, 1.165) is 12.1 Å². The van der Waals surface area contributed by atoms with Crippen molar-refractivity contribution >= 4 is 11.0 Å². The number of hydrogen-bond donors (Lipinski definition) is 0. The lowest BCUT2D eigenvalue weighted by molar-refractivity contribution is 0.208. The number of rotatable bonds is 4. The molecule has 0 unspecified atom stereocenters. The van der Waals surface area contributed by atoms with Gasteiger partial charge in [-0.25, -0.2) is 4.98 Å². The number of nitrogens with zero attached hydrogens (tertiary/aromatic N) is 3. The number of benzene rings is 1. The van der Waals surface area contributed by atoms with Gasteiger partial charge in [0.25, 0.3) is 0 Å². The van der Waals surface area contributed by atoms with Gasteiger partial charge in [0.05, 0.1) is 17.1 Å². The standard InChI is InChI=1S/C18H25N3/c1-3-12-21-17-11-7-6-10-16(17)19-18(21)15(2)20-13-8-4-5-9-14-20/h3,6-7,10-11,15H,1,4-5,8-9,12-14H2,2H3/t15-/m0/s1. The Morgan fingerprint density at radius 3 is 2.62 bits per heavy atom. The Bertz CT molecular complexity index is 606. The highest BCUT2D eigenvalue weighted by Crippen LogP contribution is 2.26. The van der Waals surface area contributed by atoms with Crippen LogP contribution in [0.5, 0.6) is 0 Å². The zero-order valence-corrected chi connectivity index (χ0v) is 13.0. The molecule has 0 bridgehead atoms. The van der Waals surface area contributed by atoms with E-state index in [0.29, 0.717) is 6.04 Å². The highest BCUT2D eigenvalue weighted by molar-refractivity contribution is 5.76. The monoisotopic (exact) mass is 283 g/mol. The molecule has 1 atom stereocenters. The van der Waals surface area contributed by atoms with Crippen LogP contribution < -0.4 is 0 Å². The highest BCUT2D eigenvalue weighted by Gasteiger charge is 2.22. The Morgan fingerprint density at radius 2 is 1.90 bits per heavy atom. The van der Waals surface area contributed by atoms with Crippen molar-refractivity contribution in [3.05, 3.63) is 42.7 Å². The van der Waals surface area contributed by atoms with Gasteiger partial charge in [-0.2, -0.15) is 0 Å². The van der Waals surface area contributed by atoms with Crippen molar-refractivity contribution < 1.29 is 0 Å². The van der Waals surface area contributed by atoms with Gasteiger partial charge in [-0.1, -0.05) is 31.1 Å². The van der Waals surface area contributed by atoms with Gasteiger partial charge in [-0.15, -0.1) is 6.58 Å². The number of para-hydroxylation sites is 2. The van der Waals surface area contributed by atoms with E-state index in [2.05, 4.69) is 47.2 Å². The van der Waals surface area contributed by atoms with Crippen molar-refractivity contribution in [1.82, 2.24) is 14.5 Å². The summed E-state index contributed by atoms with van der Waals surface area (Å²) in [7, 11) is 0. The zero-order valence-electron chi connectivity index (χ0n) is 13.0. The van der Waals surface area contributed by atoms with E-state index < -0.39 is 0 Å². The number of allylic oxidation sites excluding steroid dienone is 1. The van der Waals surface area contributed by atoms with E-state index in [-0.39, 0.29) is 0 Å². The van der Waals surface area contributed by atoms with Crippen LogP contribution in [0.2, 0.25) is 0 Å². The molecule has 1 saturated heterocycles. The molecule has 2 heterocycles. The van der Waals surface area contributed by atoms with E-state index in [4.69, 9.17) is 4.98 Å². The molecule has 0 spiro atoms. The van der Waals surface area contributed by atoms with Gasteiger partial charge in [0.1, 0.15) is 5.82 Å². The smallest absolute Gasteiger partial charge is 0.127 e. The second-order valence-corrected chi connectivity index (χ2v) is 5.98. The highest BCUT2D eigenvalue weighted by atomic mass is 15.2. The number of hydrogen-bond acceptors (Lipinski definition) is 2. The minimum atomic E-state index is 0.371. The zero-order chi connectivity index (χ0) is 14.7. The third-order valence-electron chi connectivity index (χ3n) is 4.56. The Hall–Kier alpha value is -1.61. The third kappa shape index (κ3) is 2.88. The van der Waals surface area contributed by atoms with E-state index >= 15 is 0 Å². The van der Waals surface area contributed by atoms with E-state index in [9.17, 15) is 0 Å². The molecule has 0 N–H and O–H groups in total. The van der Waals surface area contributed by atoms with Crippen molar-refractivity contribution in [3.8, 4) is 0 Å². The SMILES string of the molecule is C=CCn1c([C@H](C)N2CCCCCC2)nc2ccccc21. The molecule has 1 aromatic carbocycles. The summed E-state index contributed by atoms with van der Waals surface area (Å²) in [4.78, 5) is 7.50.